The van der Waals surface area contributed by atoms with Crippen LogP contribution in [0.15, 0.2) is 30.6 Å². The molecule has 3 rings (SSSR count). The predicted molar refractivity (Wildman–Crippen MR) is 81.3 cm³/mol. The fourth-order valence-corrected chi connectivity index (χ4v) is 3.25. The van der Waals surface area contributed by atoms with Gasteiger partial charge >= 0.3 is 0 Å². The van der Waals surface area contributed by atoms with Gasteiger partial charge in [-0.2, -0.15) is 0 Å². The Kier molecular flexibility index (Phi) is 4.83. The third-order valence-electron chi connectivity index (χ3n) is 4.40. The second-order valence-electron chi connectivity index (χ2n) is 6.02. The van der Waals surface area contributed by atoms with E-state index in [0.29, 0.717) is 12.3 Å². The van der Waals surface area contributed by atoms with Crippen LogP contribution in [0.5, 0.6) is 0 Å². The van der Waals surface area contributed by atoms with E-state index in [9.17, 15) is 8.78 Å². The summed E-state index contributed by atoms with van der Waals surface area (Å²) in [6, 6.07) is 4.09. The second kappa shape index (κ2) is 7.01. The van der Waals surface area contributed by atoms with Crippen LogP contribution in [-0.4, -0.2) is 28.0 Å². The number of aromatic nitrogens is 2. The van der Waals surface area contributed by atoms with E-state index >= 15 is 0 Å². The fourth-order valence-electron chi connectivity index (χ4n) is 3.25. The van der Waals surface area contributed by atoms with Crippen LogP contribution in [0.3, 0.4) is 0 Å². The number of benzene rings is 1. The number of aromatic amines is 1. The lowest BCUT2D eigenvalue weighted by Gasteiger charge is -2.32. The maximum absolute atomic E-state index is 13.7. The van der Waals surface area contributed by atoms with Crippen LogP contribution in [0, 0.1) is 17.6 Å². The van der Waals surface area contributed by atoms with Crippen LogP contribution in [0.2, 0.25) is 0 Å². The Morgan fingerprint density at radius 2 is 2.09 bits per heavy atom. The van der Waals surface area contributed by atoms with E-state index in [0.717, 1.165) is 44.7 Å². The molecule has 1 aromatic carbocycles. The van der Waals surface area contributed by atoms with Crippen LogP contribution >= 0.6 is 0 Å². The largest absolute Gasteiger partial charge is 0.348 e. The molecule has 0 spiro atoms. The molecule has 1 aromatic heterocycles. The van der Waals surface area contributed by atoms with E-state index in [2.05, 4.69) is 14.9 Å². The summed E-state index contributed by atoms with van der Waals surface area (Å²) in [5, 5.41) is 0. The lowest BCUT2D eigenvalue weighted by molar-refractivity contribution is 0.158. The van der Waals surface area contributed by atoms with Gasteiger partial charge in [-0.05, 0) is 50.3 Å². The molecule has 0 bridgehead atoms. The van der Waals surface area contributed by atoms with E-state index in [1.165, 1.54) is 18.2 Å². The fraction of sp³-hybridized carbons (Fsp3) is 0.471. The van der Waals surface area contributed by atoms with Crippen molar-refractivity contribution >= 4 is 0 Å². The van der Waals surface area contributed by atoms with E-state index in [1.807, 2.05) is 6.20 Å². The summed E-state index contributed by atoms with van der Waals surface area (Å²) < 4.78 is 27.3. The number of rotatable bonds is 5. The molecule has 0 aliphatic carbocycles. The normalized spacial score (nSPS) is 19.5. The van der Waals surface area contributed by atoms with Gasteiger partial charge in [0.2, 0.25) is 0 Å². The molecule has 2 aromatic rings. The van der Waals surface area contributed by atoms with Crippen molar-refractivity contribution in [3.8, 4) is 0 Å². The molecule has 0 amide bonds. The minimum atomic E-state index is -0.428. The number of likely N-dealkylation sites (tertiary alicyclic amines) is 1. The summed E-state index contributed by atoms with van der Waals surface area (Å²) in [5.74, 6) is 0.606. The van der Waals surface area contributed by atoms with Crippen molar-refractivity contribution in [2.24, 2.45) is 5.92 Å². The Morgan fingerprint density at radius 3 is 2.82 bits per heavy atom. The minimum absolute atomic E-state index is 0.227. The van der Waals surface area contributed by atoms with Gasteiger partial charge < -0.3 is 4.98 Å². The number of halogens is 2. The quantitative estimate of drug-likeness (QED) is 0.916. The third-order valence-corrected chi connectivity index (χ3v) is 4.40. The number of imidazole rings is 1. The molecule has 1 aliphatic heterocycles. The van der Waals surface area contributed by atoms with Gasteiger partial charge in [0.1, 0.15) is 17.5 Å². The SMILES string of the molecule is Fc1cccc(F)c1CC[C@@H]1CCCN(Cc2ncc[nH]2)C1. The predicted octanol–water partition coefficient (Wildman–Crippen LogP) is 3.53. The monoisotopic (exact) mass is 305 g/mol. The molecule has 1 fully saturated rings. The Bertz CT molecular complexity index is 578. The zero-order chi connectivity index (χ0) is 15.4. The van der Waals surface area contributed by atoms with Gasteiger partial charge in [-0.3, -0.25) is 4.90 Å². The molecular formula is C17H21F2N3. The third kappa shape index (κ3) is 3.71. The molecule has 1 aliphatic rings. The Balaban J connectivity index is 1.54. The van der Waals surface area contributed by atoms with Crippen molar-refractivity contribution in [1.82, 2.24) is 14.9 Å². The number of hydrogen-bond donors (Lipinski definition) is 1. The van der Waals surface area contributed by atoms with Gasteiger partial charge in [-0.1, -0.05) is 6.07 Å². The second-order valence-corrected chi connectivity index (χ2v) is 6.02. The molecule has 3 nitrogen and oxygen atoms in total. The Hall–Kier alpha value is -1.75. The summed E-state index contributed by atoms with van der Waals surface area (Å²) in [7, 11) is 0. The van der Waals surface area contributed by atoms with E-state index < -0.39 is 11.6 Å². The van der Waals surface area contributed by atoms with Gasteiger partial charge in [-0.25, -0.2) is 13.8 Å². The molecule has 0 saturated carbocycles. The van der Waals surface area contributed by atoms with Gasteiger partial charge in [0.15, 0.2) is 0 Å². The van der Waals surface area contributed by atoms with Crippen LogP contribution in [0.25, 0.3) is 0 Å². The number of piperidine rings is 1. The van der Waals surface area contributed by atoms with Gasteiger partial charge in [0.05, 0.1) is 6.54 Å². The number of H-pyrrole nitrogens is 1. The summed E-state index contributed by atoms with van der Waals surface area (Å²) in [4.78, 5) is 9.74. The molecule has 118 valence electrons. The first-order valence-corrected chi connectivity index (χ1v) is 7.86. The van der Waals surface area contributed by atoms with Crippen LogP contribution in [-0.2, 0) is 13.0 Å². The zero-order valence-electron chi connectivity index (χ0n) is 12.6. The van der Waals surface area contributed by atoms with Crippen LogP contribution in [0.1, 0.15) is 30.7 Å². The number of nitrogens with zero attached hydrogens (tertiary/aromatic N) is 2. The van der Waals surface area contributed by atoms with Crippen molar-refractivity contribution < 1.29 is 8.78 Å². The van der Waals surface area contributed by atoms with Crippen molar-refractivity contribution in [3.63, 3.8) is 0 Å². The van der Waals surface area contributed by atoms with E-state index in [4.69, 9.17) is 0 Å². The summed E-state index contributed by atoms with van der Waals surface area (Å²) in [6.45, 7) is 2.85. The van der Waals surface area contributed by atoms with Crippen molar-refractivity contribution in [1.29, 1.82) is 0 Å². The molecule has 5 heteroatoms. The van der Waals surface area contributed by atoms with Crippen molar-refractivity contribution in [3.05, 3.63) is 53.6 Å². The molecule has 1 atom stereocenters. The van der Waals surface area contributed by atoms with Crippen LogP contribution < -0.4 is 0 Å². The molecule has 22 heavy (non-hydrogen) atoms. The van der Waals surface area contributed by atoms with Gasteiger partial charge in [0.25, 0.3) is 0 Å². The average Bonchev–Trinajstić information content (AvgIpc) is 3.00. The van der Waals surface area contributed by atoms with Crippen molar-refractivity contribution in [2.45, 2.75) is 32.2 Å². The molecule has 1 saturated heterocycles. The molecule has 0 radical (unpaired) electrons. The Labute approximate surface area is 129 Å². The highest BCUT2D eigenvalue weighted by molar-refractivity contribution is 5.19. The molecule has 1 N–H and O–H groups in total. The van der Waals surface area contributed by atoms with E-state index in [1.54, 1.807) is 6.20 Å². The smallest absolute Gasteiger partial charge is 0.129 e. The molecule has 2 heterocycles. The topological polar surface area (TPSA) is 31.9 Å². The maximum atomic E-state index is 13.7. The number of hydrogen-bond acceptors (Lipinski definition) is 2. The molecule has 0 unspecified atom stereocenters. The zero-order valence-corrected chi connectivity index (χ0v) is 12.6. The minimum Gasteiger partial charge on any atom is -0.348 e. The van der Waals surface area contributed by atoms with E-state index in [-0.39, 0.29) is 5.56 Å². The van der Waals surface area contributed by atoms with Gasteiger partial charge in [-0.15, -0.1) is 0 Å². The highest BCUT2D eigenvalue weighted by Crippen LogP contribution is 2.24. The standard InChI is InChI=1S/C17H21F2N3/c18-15-4-1-5-16(19)14(15)7-6-13-3-2-10-22(11-13)12-17-20-8-9-21-17/h1,4-5,8-9,13H,2-3,6-7,10-12H2,(H,20,21)/t13-/m0/s1. The summed E-state index contributed by atoms with van der Waals surface area (Å²) in [6.07, 6.45) is 7.15. The first kappa shape index (κ1) is 15.2. The van der Waals surface area contributed by atoms with Gasteiger partial charge in [0, 0.05) is 24.5 Å². The number of nitrogens with one attached hydrogen (secondary N) is 1. The average molecular weight is 305 g/mol. The Morgan fingerprint density at radius 1 is 1.27 bits per heavy atom. The highest BCUT2D eigenvalue weighted by atomic mass is 19.1. The lowest BCUT2D eigenvalue weighted by atomic mass is 9.91. The maximum Gasteiger partial charge on any atom is 0.129 e. The first-order valence-electron chi connectivity index (χ1n) is 7.86. The lowest BCUT2D eigenvalue weighted by Crippen LogP contribution is -2.35. The summed E-state index contributed by atoms with van der Waals surface area (Å²) in [5.41, 5.74) is 0.227. The van der Waals surface area contributed by atoms with Crippen molar-refractivity contribution in [2.75, 3.05) is 13.1 Å². The molecular weight excluding hydrogens is 284 g/mol. The summed E-state index contributed by atoms with van der Waals surface area (Å²) >= 11 is 0. The van der Waals surface area contributed by atoms with Crippen LogP contribution in [0.4, 0.5) is 8.78 Å². The first-order chi connectivity index (χ1) is 10.7. The highest BCUT2D eigenvalue weighted by Gasteiger charge is 2.21.